The van der Waals surface area contributed by atoms with Gasteiger partial charge in [0.15, 0.2) is 5.96 Å². The van der Waals surface area contributed by atoms with Gasteiger partial charge in [0, 0.05) is 32.2 Å². The number of hydrogen-bond donors (Lipinski definition) is 3. The predicted octanol–water partition coefficient (Wildman–Crippen LogP) is 2.41. The van der Waals surface area contributed by atoms with Gasteiger partial charge in [-0.1, -0.05) is 36.4 Å². The van der Waals surface area contributed by atoms with Crippen molar-refractivity contribution in [1.82, 2.24) is 16.0 Å². The summed E-state index contributed by atoms with van der Waals surface area (Å²) >= 11 is 0. The van der Waals surface area contributed by atoms with E-state index < -0.39 is 0 Å². The summed E-state index contributed by atoms with van der Waals surface area (Å²) in [5.74, 6) is 1.23. The molecule has 0 aliphatic carbocycles. The molecule has 0 aromatic heterocycles. The van der Waals surface area contributed by atoms with Crippen LogP contribution in [0.5, 0.6) is 5.75 Å². The van der Waals surface area contributed by atoms with Crippen LogP contribution >= 0.6 is 24.0 Å². The molecule has 0 saturated heterocycles. The molecule has 0 radical (unpaired) electrons. The SMILES string of the molecule is CN=C(NCCNC(=O)c1cccc(OC)c1)NCc1ccccc1.I. The lowest BCUT2D eigenvalue weighted by molar-refractivity contribution is 0.0954. The van der Waals surface area contributed by atoms with Crippen molar-refractivity contribution in [3.63, 3.8) is 0 Å². The Morgan fingerprint density at radius 2 is 1.73 bits per heavy atom. The number of amides is 1. The molecule has 0 atom stereocenters. The lowest BCUT2D eigenvalue weighted by Gasteiger charge is -2.12. The zero-order chi connectivity index (χ0) is 17.9. The number of carbonyl (C=O) groups is 1. The van der Waals surface area contributed by atoms with Gasteiger partial charge < -0.3 is 20.7 Å². The number of nitrogens with zero attached hydrogens (tertiary/aromatic N) is 1. The van der Waals surface area contributed by atoms with Crippen LogP contribution in [0.2, 0.25) is 0 Å². The second-order valence-corrected chi connectivity index (χ2v) is 5.33. The molecule has 140 valence electrons. The lowest BCUT2D eigenvalue weighted by atomic mass is 10.2. The van der Waals surface area contributed by atoms with Crippen molar-refractivity contribution in [2.75, 3.05) is 27.2 Å². The average Bonchev–Trinajstić information content (AvgIpc) is 2.68. The first-order valence-corrected chi connectivity index (χ1v) is 8.13. The van der Waals surface area contributed by atoms with E-state index >= 15 is 0 Å². The summed E-state index contributed by atoms with van der Waals surface area (Å²) in [6.07, 6.45) is 0. The monoisotopic (exact) mass is 468 g/mol. The third-order valence-electron chi connectivity index (χ3n) is 3.56. The van der Waals surface area contributed by atoms with E-state index in [4.69, 9.17) is 4.74 Å². The van der Waals surface area contributed by atoms with Crippen molar-refractivity contribution in [1.29, 1.82) is 0 Å². The highest BCUT2D eigenvalue weighted by atomic mass is 127. The fraction of sp³-hybridized carbons (Fsp3) is 0.263. The maximum Gasteiger partial charge on any atom is 0.251 e. The number of rotatable bonds is 7. The molecular weight excluding hydrogens is 443 g/mol. The Kier molecular flexibility index (Phi) is 10.1. The number of nitrogens with one attached hydrogen (secondary N) is 3. The molecular formula is C19H25IN4O2. The van der Waals surface area contributed by atoms with E-state index in [0.717, 1.165) is 0 Å². The molecule has 0 heterocycles. The van der Waals surface area contributed by atoms with Gasteiger partial charge in [0.25, 0.3) is 5.91 Å². The molecule has 0 spiro atoms. The van der Waals surface area contributed by atoms with Crippen LogP contribution in [-0.4, -0.2) is 39.1 Å². The Hall–Kier alpha value is -2.29. The van der Waals surface area contributed by atoms with E-state index in [-0.39, 0.29) is 29.9 Å². The van der Waals surface area contributed by atoms with Gasteiger partial charge in [-0.2, -0.15) is 0 Å². The minimum Gasteiger partial charge on any atom is -0.497 e. The number of benzene rings is 2. The zero-order valence-electron chi connectivity index (χ0n) is 15.0. The molecule has 2 aromatic rings. The molecule has 0 aliphatic rings. The van der Waals surface area contributed by atoms with Gasteiger partial charge in [-0.25, -0.2) is 0 Å². The van der Waals surface area contributed by atoms with Crippen molar-refractivity contribution in [2.24, 2.45) is 4.99 Å². The van der Waals surface area contributed by atoms with Crippen molar-refractivity contribution in [2.45, 2.75) is 6.54 Å². The number of carbonyl (C=O) groups excluding carboxylic acids is 1. The maximum absolute atomic E-state index is 12.1. The molecule has 6 nitrogen and oxygen atoms in total. The van der Waals surface area contributed by atoms with Gasteiger partial charge in [0.05, 0.1) is 7.11 Å². The number of aliphatic imine (C=N–C) groups is 1. The number of guanidine groups is 1. The highest BCUT2D eigenvalue weighted by Gasteiger charge is 2.06. The third kappa shape index (κ3) is 7.30. The zero-order valence-corrected chi connectivity index (χ0v) is 17.3. The molecule has 7 heteroatoms. The smallest absolute Gasteiger partial charge is 0.251 e. The second kappa shape index (κ2) is 12.1. The molecule has 0 fully saturated rings. The summed E-state index contributed by atoms with van der Waals surface area (Å²) in [5.41, 5.74) is 1.75. The first kappa shape index (κ1) is 21.8. The quantitative estimate of drug-likeness (QED) is 0.253. The Balaban J connectivity index is 0.00000338. The van der Waals surface area contributed by atoms with E-state index in [0.29, 0.717) is 36.9 Å². The van der Waals surface area contributed by atoms with Crippen LogP contribution in [0.4, 0.5) is 0 Å². The molecule has 3 N–H and O–H groups in total. The Morgan fingerprint density at radius 3 is 2.42 bits per heavy atom. The normalized spacial score (nSPS) is 10.5. The van der Waals surface area contributed by atoms with Gasteiger partial charge in [-0.15, -0.1) is 24.0 Å². The van der Waals surface area contributed by atoms with E-state index in [1.165, 1.54) is 5.56 Å². The fourth-order valence-corrected chi connectivity index (χ4v) is 2.23. The third-order valence-corrected chi connectivity index (χ3v) is 3.56. The van der Waals surface area contributed by atoms with Crippen LogP contribution in [0.3, 0.4) is 0 Å². The summed E-state index contributed by atoms with van der Waals surface area (Å²) in [6.45, 7) is 1.75. The van der Waals surface area contributed by atoms with Crippen molar-refractivity contribution in [3.8, 4) is 5.75 Å². The molecule has 0 saturated carbocycles. The van der Waals surface area contributed by atoms with E-state index in [2.05, 4.69) is 33.1 Å². The molecule has 26 heavy (non-hydrogen) atoms. The standard InChI is InChI=1S/C19H24N4O2.HI/c1-20-19(23-14-15-7-4-3-5-8-15)22-12-11-21-18(24)16-9-6-10-17(13-16)25-2;/h3-10,13H,11-12,14H2,1-2H3,(H,21,24)(H2,20,22,23);1H. The number of hydrogen-bond acceptors (Lipinski definition) is 3. The highest BCUT2D eigenvalue weighted by molar-refractivity contribution is 14.0. The maximum atomic E-state index is 12.1. The number of methoxy groups -OCH3 is 1. The molecule has 1 amide bonds. The van der Waals surface area contributed by atoms with Crippen molar-refractivity contribution < 1.29 is 9.53 Å². The topological polar surface area (TPSA) is 74.8 Å². The summed E-state index contributed by atoms with van der Waals surface area (Å²) in [5, 5.41) is 9.26. The van der Waals surface area contributed by atoms with Gasteiger partial charge in [-0.3, -0.25) is 9.79 Å². The molecule has 0 bridgehead atoms. The lowest BCUT2D eigenvalue weighted by Crippen LogP contribution is -2.41. The molecule has 0 unspecified atom stereocenters. The second-order valence-electron chi connectivity index (χ2n) is 5.33. The Bertz CT molecular complexity index is 708. The number of halogens is 1. The van der Waals surface area contributed by atoms with E-state index in [9.17, 15) is 4.79 Å². The Morgan fingerprint density at radius 1 is 1.00 bits per heavy atom. The summed E-state index contributed by atoms with van der Waals surface area (Å²) < 4.78 is 5.12. The van der Waals surface area contributed by atoms with Crippen LogP contribution in [0.1, 0.15) is 15.9 Å². The first-order chi connectivity index (χ1) is 12.2. The van der Waals surface area contributed by atoms with Crippen LogP contribution in [0.25, 0.3) is 0 Å². The fourth-order valence-electron chi connectivity index (χ4n) is 2.23. The minimum atomic E-state index is -0.132. The summed E-state index contributed by atoms with van der Waals surface area (Å²) in [7, 11) is 3.30. The van der Waals surface area contributed by atoms with Crippen LogP contribution < -0.4 is 20.7 Å². The predicted molar refractivity (Wildman–Crippen MR) is 115 cm³/mol. The van der Waals surface area contributed by atoms with Crippen LogP contribution in [0, 0.1) is 0 Å². The van der Waals surface area contributed by atoms with Gasteiger partial charge in [0.1, 0.15) is 5.75 Å². The van der Waals surface area contributed by atoms with Crippen molar-refractivity contribution >= 4 is 35.8 Å². The largest absolute Gasteiger partial charge is 0.497 e. The van der Waals surface area contributed by atoms with Crippen LogP contribution in [0.15, 0.2) is 59.6 Å². The van der Waals surface area contributed by atoms with Gasteiger partial charge >= 0.3 is 0 Å². The minimum absolute atomic E-state index is 0. The summed E-state index contributed by atoms with van der Waals surface area (Å²) in [6, 6.07) is 17.2. The summed E-state index contributed by atoms with van der Waals surface area (Å²) in [4.78, 5) is 16.3. The van der Waals surface area contributed by atoms with Gasteiger partial charge in [-0.05, 0) is 23.8 Å². The Labute approximate surface area is 171 Å². The van der Waals surface area contributed by atoms with Gasteiger partial charge in [0.2, 0.25) is 0 Å². The highest BCUT2D eigenvalue weighted by Crippen LogP contribution is 2.12. The molecule has 0 aliphatic heterocycles. The van der Waals surface area contributed by atoms with E-state index in [1.54, 1.807) is 38.4 Å². The van der Waals surface area contributed by atoms with Crippen molar-refractivity contribution in [3.05, 3.63) is 65.7 Å². The van der Waals surface area contributed by atoms with Crippen LogP contribution in [-0.2, 0) is 6.54 Å². The van der Waals surface area contributed by atoms with E-state index in [1.807, 2.05) is 18.2 Å². The number of ether oxygens (including phenoxy) is 1. The molecule has 2 rings (SSSR count). The molecule has 2 aromatic carbocycles. The first-order valence-electron chi connectivity index (χ1n) is 8.13. The average molecular weight is 468 g/mol.